The molecule has 0 radical (unpaired) electrons. The van der Waals surface area contributed by atoms with E-state index < -0.39 is 45.2 Å². The number of likely N-dealkylation sites (tertiary alicyclic amines) is 1. The van der Waals surface area contributed by atoms with Crippen molar-refractivity contribution in [3.05, 3.63) is 69.3 Å². The van der Waals surface area contributed by atoms with Crippen molar-refractivity contribution in [2.24, 2.45) is 17.8 Å². The van der Waals surface area contributed by atoms with Crippen molar-refractivity contribution in [3.8, 4) is 5.75 Å². The Morgan fingerprint density at radius 1 is 0.974 bits per heavy atom. The number of aromatic hydroxyl groups is 1. The van der Waals surface area contributed by atoms with Gasteiger partial charge in [0.15, 0.2) is 9.75 Å². The molecule has 4 amide bonds. The normalized spacial score (nSPS) is 34.3. The number of alkyl halides is 3. The number of benzene rings is 2. The molecule has 0 unspecified atom stereocenters. The summed E-state index contributed by atoms with van der Waals surface area (Å²) in [6.07, 6.45) is 2.02. The fraction of sp³-hybridized carbons (Fsp3) is 0.333. The van der Waals surface area contributed by atoms with Crippen LogP contribution in [0.5, 0.6) is 5.75 Å². The Morgan fingerprint density at radius 3 is 2.32 bits per heavy atom. The second kappa shape index (κ2) is 9.04. The first-order valence-electron chi connectivity index (χ1n) is 12.0. The SMILES string of the molecule is O=C1[C@H]2[C@H](CC=C3[C@H]2C[C@@]2(Cl)C(=O)N(CBr)C(=O)[C@@]2(Cl)[C@H]3c2ccccc2O)C(=O)N1c1ccc(I)cc1. The van der Waals surface area contributed by atoms with Gasteiger partial charge in [-0.2, -0.15) is 0 Å². The Morgan fingerprint density at radius 2 is 1.66 bits per heavy atom. The molecule has 2 saturated heterocycles. The van der Waals surface area contributed by atoms with E-state index >= 15 is 0 Å². The number of amides is 4. The minimum atomic E-state index is -1.94. The summed E-state index contributed by atoms with van der Waals surface area (Å²) >= 11 is 19.7. The van der Waals surface area contributed by atoms with Gasteiger partial charge in [-0.1, -0.05) is 45.8 Å². The number of hydrogen-bond acceptors (Lipinski definition) is 5. The quantitative estimate of drug-likeness (QED) is 0.159. The zero-order valence-corrected chi connectivity index (χ0v) is 24.9. The third-order valence-electron chi connectivity index (χ3n) is 8.35. The van der Waals surface area contributed by atoms with Gasteiger partial charge in [0.05, 0.1) is 23.0 Å². The van der Waals surface area contributed by atoms with E-state index in [9.17, 15) is 24.3 Å². The van der Waals surface area contributed by atoms with E-state index in [2.05, 4.69) is 38.5 Å². The maximum atomic E-state index is 13.9. The number of rotatable bonds is 3. The number of hydrogen-bond donors (Lipinski definition) is 1. The number of carbonyl (C=O) groups excluding carboxylic acids is 4. The van der Waals surface area contributed by atoms with Gasteiger partial charge in [0.25, 0.3) is 11.8 Å². The number of anilines is 1. The Hall–Kier alpha value is -1.95. The fourth-order valence-corrected chi connectivity index (χ4v) is 8.45. The first kappa shape index (κ1) is 26.3. The molecule has 0 bridgehead atoms. The molecule has 38 heavy (non-hydrogen) atoms. The van der Waals surface area contributed by atoms with E-state index in [1.54, 1.807) is 30.3 Å². The fourth-order valence-electron chi connectivity index (χ4n) is 6.67. The molecule has 2 aromatic carbocycles. The predicted octanol–water partition coefficient (Wildman–Crippen LogP) is 4.91. The molecule has 196 valence electrons. The number of imide groups is 2. The van der Waals surface area contributed by atoms with Crippen LogP contribution in [-0.2, 0) is 19.2 Å². The number of nitrogens with zero attached hydrogens (tertiary/aromatic N) is 2. The van der Waals surface area contributed by atoms with Gasteiger partial charge in [-0.25, -0.2) is 0 Å². The molecule has 6 rings (SSSR count). The summed E-state index contributed by atoms with van der Waals surface area (Å²) in [5.41, 5.74) is 1.36. The lowest BCUT2D eigenvalue weighted by Crippen LogP contribution is -2.60. The van der Waals surface area contributed by atoms with Crippen LogP contribution in [0.2, 0.25) is 0 Å². The second-order valence-corrected chi connectivity index (χ2v) is 13.0. The van der Waals surface area contributed by atoms with Crippen molar-refractivity contribution >= 4 is 91.0 Å². The monoisotopic (exact) mass is 728 g/mol. The van der Waals surface area contributed by atoms with Crippen molar-refractivity contribution in [1.29, 1.82) is 0 Å². The summed E-state index contributed by atoms with van der Waals surface area (Å²) in [5, 5.41) is 10.9. The van der Waals surface area contributed by atoms with Gasteiger partial charge in [0.1, 0.15) is 5.75 Å². The summed E-state index contributed by atoms with van der Waals surface area (Å²) in [5.74, 6) is -5.16. The van der Waals surface area contributed by atoms with E-state index in [-0.39, 0.29) is 35.9 Å². The van der Waals surface area contributed by atoms with E-state index in [4.69, 9.17) is 23.2 Å². The van der Waals surface area contributed by atoms with Gasteiger partial charge >= 0.3 is 0 Å². The Labute approximate surface area is 250 Å². The molecule has 3 fully saturated rings. The van der Waals surface area contributed by atoms with Crippen molar-refractivity contribution in [1.82, 2.24) is 4.90 Å². The number of phenolic OH excluding ortho intramolecular Hbond substituents is 1. The van der Waals surface area contributed by atoms with Crippen LogP contribution in [0.4, 0.5) is 5.69 Å². The average Bonchev–Trinajstić information content (AvgIpc) is 3.23. The predicted molar refractivity (Wildman–Crippen MR) is 153 cm³/mol. The smallest absolute Gasteiger partial charge is 0.254 e. The highest BCUT2D eigenvalue weighted by molar-refractivity contribution is 14.1. The van der Waals surface area contributed by atoms with Crippen LogP contribution in [0.25, 0.3) is 0 Å². The van der Waals surface area contributed by atoms with Crippen LogP contribution in [-0.4, -0.2) is 48.8 Å². The number of allylic oxidation sites excluding steroid dienone is 2. The van der Waals surface area contributed by atoms with Gasteiger partial charge < -0.3 is 5.11 Å². The molecule has 0 spiro atoms. The maximum Gasteiger partial charge on any atom is 0.254 e. The topological polar surface area (TPSA) is 95.0 Å². The molecule has 2 heterocycles. The average molecular weight is 730 g/mol. The second-order valence-electron chi connectivity index (χ2n) is 10.0. The molecule has 1 N–H and O–H groups in total. The first-order valence-corrected chi connectivity index (χ1v) is 14.9. The zero-order valence-electron chi connectivity index (χ0n) is 19.6. The van der Waals surface area contributed by atoms with Gasteiger partial charge in [0.2, 0.25) is 11.8 Å². The number of phenols is 1. The summed E-state index contributed by atoms with van der Waals surface area (Å²) in [6.45, 7) is 0. The van der Waals surface area contributed by atoms with Crippen molar-refractivity contribution in [3.63, 3.8) is 0 Å². The number of fused-ring (bicyclic) bond motifs is 4. The molecular weight excluding hydrogens is 710 g/mol. The minimum absolute atomic E-state index is 0.0945. The highest BCUT2D eigenvalue weighted by atomic mass is 127. The highest BCUT2D eigenvalue weighted by Crippen LogP contribution is 2.66. The summed E-state index contributed by atoms with van der Waals surface area (Å²) < 4.78 is 0.966. The molecular formula is C27H20BrCl2IN2O5. The van der Waals surface area contributed by atoms with Gasteiger partial charge in [-0.05, 0) is 71.7 Å². The molecule has 11 heteroatoms. The summed E-state index contributed by atoms with van der Waals surface area (Å²) in [7, 11) is 0. The third kappa shape index (κ3) is 3.31. The van der Waals surface area contributed by atoms with Crippen LogP contribution in [0, 0.1) is 21.3 Å². The van der Waals surface area contributed by atoms with Gasteiger partial charge in [-0.15, -0.1) is 23.2 Å². The van der Waals surface area contributed by atoms with E-state index in [0.717, 1.165) is 8.47 Å². The lowest BCUT2D eigenvalue weighted by Gasteiger charge is -2.50. The number of para-hydroxylation sites is 1. The van der Waals surface area contributed by atoms with E-state index in [0.29, 0.717) is 16.8 Å². The Balaban J connectivity index is 1.52. The summed E-state index contributed by atoms with van der Waals surface area (Å²) in [4.78, 5) is 53.1. The summed E-state index contributed by atoms with van der Waals surface area (Å²) in [6, 6.07) is 13.6. The first-order chi connectivity index (χ1) is 18.1. The molecule has 1 saturated carbocycles. The number of halogens is 4. The Bertz CT molecular complexity index is 1450. The van der Waals surface area contributed by atoms with Crippen LogP contribution < -0.4 is 4.90 Å². The minimum Gasteiger partial charge on any atom is -0.508 e. The van der Waals surface area contributed by atoms with Crippen LogP contribution in [0.3, 0.4) is 0 Å². The molecule has 7 nitrogen and oxygen atoms in total. The van der Waals surface area contributed by atoms with Crippen LogP contribution in [0.15, 0.2) is 60.2 Å². The zero-order chi connectivity index (χ0) is 27.1. The van der Waals surface area contributed by atoms with Gasteiger partial charge in [-0.3, -0.25) is 29.0 Å². The molecule has 6 atom stereocenters. The lowest BCUT2D eigenvalue weighted by atomic mass is 9.56. The van der Waals surface area contributed by atoms with Crippen molar-refractivity contribution < 1.29 is 24.3 Å². The third-order valence-corrected chi connectivity index (χ3v) is 11.0. The molecule has 2 aromatic rings. The lowest BCUT2D eigenvalue weighted by molar-refractivity contribution is -0.138. The maximum absolute atomic E-state index is 13.9. The van der Waals surface area contributed by atoms with Crippen molar-refractivity contribution in [2.75, 3.05) is 10.4 Å². The molecule has 0 aromatic heterocycles. The van der Waals surface area contributed by atoms with E-state index in [1.807, 2.05) is 18.2 Å². The molecule has 2 aliphatic carbocycles. The molecule has 4 aliphatic rings. The van der Waals surface area contributed by atoms with Crippen LogP contribution >= 0.6 is 61.7 Å². The van der Waals surface area contributed by atoms with Crippen LogP contribution in [0.1, 0.15) is 24.3 Å². The molecule has 2 aliphatic heterocycles. The highest BCUT2D eigenvalue weighted by Gasteiger charge is 2.76. The standard InChI is InChI=1S/C27H20BrCl2IN2O5/c28-12-32-24(37)26(29)11-18-15(21(27(26,30)25(32)38)16-3-1-2-4-19(16)34)9-10-17-20(18)23(36)33(22(17)35)14-7-5-13(31)6-8-14/h1-9,17-18,20-21,34H,10-12H2/t17-,18+,20-,21+,26+,27-/m0/s1. The van der Waals surface area contributed by atoms with E-state index in [1.165, 1.54) is 11.0 Å². The van der Waals surface area contributed by atoms with Crippen molar-refractivity contribution in [2.45, 2.75) is 28.5 Å². The Kier molecular flexibility index (Phi) is 6.25. The number of carbonyl (C=O) groups is 4. The van der Waals surface area contributed by atoms with Gasteiger partial charge in [0, 0.05) is 15.1 Å². The largest absolute Gasteiger partial charge is 0.508 e.